The lowest BCUT2D eigenvalue weighted by Gasteiger charge is -2.16. The van der Waals surface area contributed by atoms with Crippen molar-refractivity contribution in [2.24, 2.45) is 0 Å². The second kappa shape index (κ2) is 4.62. The molecule has 0 radical (unpaired) electrons. The lowest BCUT2D eigenvalue weighted by Crippen LogP contribution is -2.27. The van der Waals surface area contributed by atoms with Gasteiger partial charge in [0, 0.05) is 11.6 Å². The van der Waals surface area contributed by atoms with Gasteiger partial charge in [-0.25, -0.2) is 8.42 Å². The van der Waals surface area contributed by atoms with Crippen LogP contribution < -0.4 is 5.73 Å². The minimum absolute atomic E-state index is 0.00880. The van der Waals surface area contributed by atoms with Crippen LogP contribution in [0.4, 0.5) is 5.69 Å². The molecular formula is C9H10Cl2N2O3S. The highest BCUT2D eigenvalue weighted by molar-refractivity contribution is 7.89. The SMILES string of the molecule is Nc1cc(Cl)cc(Cl)c1S(=O)(=O)N1CCCO1. The second-order valence-corrected chi connectivity index (χ2v) is 6.13. The molecule has 0 unspecified atom stereocenters. The Kier molecular flexibility index (Phi) is 3.51. The fourth-order valence-corrected chi connectivity index (χ4v) is 3.82. The fraction of sp³-hybridized carbons (Fsp3) is 0.333. The molecular weight excluding hydrogens is 287 g/mol. The molecule has 2 rings (SSSR count). The van der Waals surface area contributed by atoms with Gasteiger partial charge < -0.3 is 5.73 Å². The van der Waals surface area contributed by atoms with Gasteiger partial charge >= 0.3 is 0 Å². The highest BCUT2D eigenvalue weighted by atomic mass is 35.5. The van der Waals surface area contributed by atoms with Crippen LogP contribution in [-0.2, 0) is 14.9 Å². The normalized spacial score (nSPS) is 17.5. The number of nitrogens with two attached hydrogens (primary N) is 1. The summed E-state index contributed by atoms with van der Waals surface area (Å²) >= 11 is 11.6. The maximum Gasteiger partial charge on any atom is 0.268 e. The Hall–Kier alpha value is -0.530. The minimum Gasteiger partial charge on any atom is -0.398 e. The predicted molar refractivity (Wildman–Crippen MR) is 65.3 cm³/mol. The van der Waals surface area contributed by atoms with Crippen molar-refractivity contribution in [3.63, 3.8) is 0 Å². The standard InChI is InChI=1S/C9H10Cl2N2O3S/c10-6-4-7(11)9(8(12)5-6)17(14,15)13-2-1-3-16-13/h4-5H,1-3,12H2. The van der Waals surface area contributed by atoms with Crippen LogP contribution in [-0.4, -0.2) is 26.0 Å². The molecule has 1 heterocycles. The van der Waals surface area contributed by atoms with Gasteiger partial charge in [0.25, 0.3) is 10.0 Å². The Balaban J connectivity index is 2.53. The third kappa shape index (κ3) is 2.36. The van der Waals surface area contributed by atoms with Crippen LogP contribution in [0.5, 0.6) is 0 Å². The molecule has 0 spiro atoms. The molecule has 1 aliphatic rings. The Morgan fingerprint density at radius 2 is 2.06 bits per heavy atom. The quantitative estimate of drug-likeness (QED) is 0.846. The number of rotatable bonds is 2. The second-order valence-electron chi connectivity index (χ2n) is 3.52. The monoisotopic (exact) mass is 296 g/mol. The predicted octanol–water partition coefficient (Wildman–Crippen LogP) is 1.90. The van der Waals surface area contributed by atoms with E-state index in [1.807, 2.05) is 0 Å². The van der Waals surface area contributed by atoms with Crippen molar-refractivity contribution in [1.29, 1.82) is 0 Å². The van der Waals surface area contributed by atoms with Gasteiger partial charge in [-0.3, -0.25) is 4.84 Å². The van der Waals surface area contributed by atoms with Crippen molar-refractivity contribution in [1.82, 2.24) is 4.47 Å². The number of nitrogens with zero attached hydrogens (tertiary/aromatic N) is 1. The van der Waals surface area contributed by atoms with E-state index in [0.717, 1.165) is 4.47 Å². The molecule has 0 aromatic heterocycles. The summed E-state index contributed by atoms with van der Waals surface area (Å²) < 4.78 is 25.3. The van der Waals surface area contributed by atoms with Crippen LogP contribution in [0.15, 0.2) is 17.0 Å². The Labute approximate surface area is 109 Å². The van der Waals surface area contributed by atoms with E-state index in [4.69, 9.17) is 33.8 Å². The third-order valence-electron chi connectivity index (χ3n) is 2.28. The Morgan fingerprint density at radius 1 is 1.35 bits per heavy atom. The van der Waals surface area contributed by atoms with Crippen LogP contribution in [0.2, 0.25) is 10.0 Å². The molecule has 2 N–H and O–H groups in total. The number of nitrogen functional groups attached to an aromatic ring is 1. The van der Waals surface area contributed by atoms with Crippen LogP contribution in [0, 0.1) is 0 Å². The van der Waals surface area contributed by atoms with Gasteiger partial charge in [-0.05, 0) is 18.6 Å². The third-order valence-corrected chi connectivity index (χ3v) is 4.71. The topological polar surface area (TPSA) is 72.6 Å². The molecule has 0 saturated carbocycles. The smallest absolute Gasteiger partial charge is 0.268 e. The number of benzene rings is 1. The Bertz CT molecular complexity index is 518. The molecule has 0 atom stereocenters. The highest BCUT2D eigenvalue weighted by Crippen LogP contribution is 2.34. The van der Waals surface area contributed by atoms with Crippen molar-refractivity contribution in [3.8, 4) is 0 Å². The molecule has 1 saturated heterocycles. The summed E-state index contributed by atoms with van der Waals surface area (Å²) in [6.07, 6.45) is 0.643. The summed E-state index contributed by atoms with van der Waals surface area (Å²) in [4.78, 5) is 4.85. The number of hydroxylamine groups is 1. The molecule has 1 fully saturated rings. The molecule has 17 heavy (non-hydrogen) atoms. The van der Waals surface area contributed by atoms with Gasteiger partial charge in [0.15, 0.2) is 0 Å². The molecule has 94 valence electrons. The maximum absolute atomic E-state index is 12.2. The first-order valence-corrected chi connectivity index (χ1v) is 7.02. The van der Waals surface area contributed by atoms with Crippen molar-refractivity contribution in [2.45, 2.75) is 11.3 Å². The summed E-state index contributed by atoms with van der Waals surface area (Å²) in [6, 6.07) is 2.68. The van der Waals surface area contributed by atoms with E-state index >= 15 is 0 Å². The average Bonchev–Trinajstić information content (AvgIpc) is 2.67. The zero-order valence-corrected chi connectivity index (χ0v) is 11.0. The van der Waals surface area contributed by atoms with Crippen molar-refractivity contribution in [3.05, 3.63) is 22.2 Å². The van der Waals surface area contributed by atoms with E-state index in [1.165, 1.54) is 12.1 Å². The van der Waals surface area contributed by atoms with E-state index in [9.17, 15) is 8.42 Å². The first-order chi connectivity index (χ1) is 7.93. The van der Waals surface area contributed by atoms with Gasteiger partial charge in [0.05, 0.1) is 17.3 Å². The first-order valence-electron chi connectivity index (χ1n) is 4.83. The van der Waals surface area contributed by atoms with Crippen LogP contribution in [0.3, 0.4) is 0 Å². The van der Waals surface area contributed by atoms with Crippen LogP contribution in [0.1, 0.15) is 6.42 Å². The highest BCUT2D eigenvalue weighted by Gasteiger charge is 2.32. The van der Waals surface area contributed by atoms with E-state index < -0.39 is 10.0 Å². The van der Waals surface area contributed by atoms with Gasteiger partial charge in [-0.2, -0.15) is 0 Å². The van der Waals surface area contributed by atoms with Gasteiger partial charge in [-0.15, -0.1) is 0 Å². The molecule has 1 aromatic carbocycles. The number of hydrogen-bond donors (Lipinski definition) is 1. The summed E-state index contributed by atoms with van der Waals surface area (Å²) in [7, 11) is -3.82. The largest absolute Gasteiger partial charge is 0.398 e. The maximum atomic E-state index is 12.2. The number of hydrogen-bond acceptors (Lipinski definition) is 4. The number of halogens is 2. The molecule has 5 nitrogen and oxygen atoms in total. The van der Waals surface area contributed by atoms with E-state index in [0.29, 0.717) is 19.6 Å². The number of anilines is 1. The molecule has 1 aliphatic heterocycles. The molecule has 0 bridgehead atoms. The molecule has 0 aliphatic carbocycles. The zero-order chi connectivity index (χ0) is 12.6. The molecule has 1 aromatic rings. The summed E-state index contributed by atoms with van der Waals surface area (Å²) in [6.45, 7) is 0.658. The average molecular weight is 297 g/mol. The van der Waals surface area contributed by atoms with Gasteiger partial charge in [0.2, 0.25) is 0 Å². The lowest BCUT2D eigenvalue weighted by molar-refractivity contribution is -0.0284. The first kappa shape index (κ1) is 12.9. The number of sulfonamides is 1. The van der Waals surface area contributed by atoms with E-state index in [2.05, 4.69) is 0 Å². The lowest BCUT2D eigenvalue weighted by atomic mass is 10.3. The van der Waals surface area contributed by atoms with E-state index in [1.54, 1.807) is 0 Å². The summed E-state index contributed by atoms with van der Waals surface area (Å²) in [5, 5.41) is 0.277. The minimum atomic E-state index is -3.82. The van der Waals surface area contributed by atoms with Crippen molar-refractivity contribution in [2.75, 3.05) is 18.9 Å². The fourth-order valence-electron chi connectivity index (χ4n) is 1.57. The van der Waals surface area contributed by atoms with Crippen LogP contribution in [0.25, 0.3) is 0 Å². The summed E-state index contributed by atoms with van der Waals surface area (Å²) in [5.74, 6) is 0. The van der Waals surface area contributed by atoms with Gasteiger partial charge in [-0.1, -0.05) is 27.7 Å². The molecule has 0 amide bonds. The zero-order valence-electron chi connectivity index (χ0n) is 8.69. The molecule has 8 heteroatoms. The van der Waals surface area contributed by atoms with Crippen molar-refractivity contribution < 1.29 is 13.3 Å². The summed E-state index contributed by atoms with van der Waals surface area (Å²) in [5.41, 5.74) is 5.66. The van der Waals surface area contributed by atoms with Gasteiger partial charge in [0.1, 0.15) is 4.90 Å². The van der Waals surface area contributed by atoms with E-state index in [-0.39, 0.29) is 20.6 Å². The van der Waals surface area contributed by atoms with Crippen molar-refractivity contribution >= 4 is 38.9 Å². The van der Waals surface area contributed by atoms with Crippen LogP contribution >= 0.6 is 23.2 Å². The Morgan fingerprint density at radius 3 is 2.59 bits per heavy atom.